The second-order valence-electron chi connectivity index (χ2n) is 2.76. The van der Waals surface area contributed by atoms with E-state index in [-0.39, 0.29) is 5.91 Å². The fourth-order valence-corrected chi connectivity index (χ4v) is 2.26. The Hall–Kier alpha value is -0.860. The highest BCUT2D eigenvalue weighted by Gasteiger charge is 2.11. The summed E-state index contributed by atoms with van der Waals surface area (Å²) >= 11 is 4.93. The van der Waals surface area contributed by atoms with Crippen LogP contribution >= 0.6 is 27.3 Å². The minimum Gasteiger partial charge on any atom is -0.350 e. The molecule has 1 aromatic rings. The van der Waals surface area contributed by atoms with E-state index in [9.17, 15) is 4.79 Å². The average Bonchev–Trinajstić information content (AvgIpc) is 2.59. The lowest BCUT2D eigenvalue weighted by Crippen LogP contribution is -2.27. The Bertz CT molecular complexity index is 369. The molecule has 0 aromatic carbocycles. The van der Waals surface area contributed by atoms with Crippen LogP contribution in [0.3, 0.4) is 0 Å². The van der Waals surface area contributed by atoms with E-state index in [2.05, 4.69) is 21.2 Å². The molecule has 0 saturated heterocycles. The highest BCUT2D eigenvalue weighted by Crippen LogP contribution is 2.22. The lowest BCUT2D eigenvalue weighted by molar-refractivity contribution is -0.123. The summed E-state index contributed by atoms with van der Waals surface area (Å²) in [6.45, 7) is 2.06. The lowest BCUT2D eigenvalue weighted by Gasteiger charge is -2.04. The Balaban J connectivity index is 2.46. The number of thiophene rings is 1. The summed E-state index contributed by atoms with van der Waals surface area (Å²) < 4.78 is 0.993. The normalized spacial score (nSPS) is 11.8. The van der Waals surface area contributed by atoms with Crippen LogP contribution in [0.25, 0.3) is 0 Å². The standard InChI is InChI=1S/C9H9BrN2OS/c1-6(4-11)9(13)12-5-8-7(10)2-3-14-8/h2-3,6H,5H2,1H3,(H,12,13). The van der Waals surface area contributed by atoms with Crippen LogP contribution in [0.1, 0.15) is 11.8 Å². The van der Waals surface area contributed by atoms with Gasteiger partial charge in [0.25, 0.3) is 0 Å². The van der Waals surface area contributed by atoms with Gasteiger partial charge >= 0.3 is 0 Å². The van der Waals surface area contributed by atoms with Gasteiger partial charge in [-0.25, -0.2) is 0 Å². The van der Waals surface area contributed by atoms with Gasteiger partial charge in [-0.15, -0.1) is 11.3 Å². The van der Waals surface area contributed by atoms with Gasteiger partial charge in [0.2, 0.25) is 5.91 Å². The number of rotatable bonds is 3. The molecule has 0 radical (unpaired) electrons. The summed E-state index contributed by atoms with van der Waals surface area (Å²) in [6.07, 6.45) is 0. The molecule has 1 atom stereocenters. The second-order valence-corrected chi connectivity index (χ2v) is 4.62. The Morgan fingerprint density at radius 1 is 1.86 bits per heavy atom. The molecule has 5 heteroatoms. The van der Waals surface area contributed by atoms with Crippen LogP contribution in [-0.2, 0) is 11.3 Å². The molecular formula is C9H9BrN2OS. The van der Waals surface area contributed by atoms with Gasteiger partial charge in [0, 0.05) is 9.35 Å². The number of carbonyl (C=O) groups is 1. The number of nitrogens with one attached hydrogen (secondary N) is 1. The number of halogens is 1. The molecule has 0 aliphatic heterocycles. The van der Waals surface area contributed by atoms with Gasteiger partial charge in [0.05, 0.1) is 12.6 Å². The van der Waals surface area contributed by atoms with Gasteiger partial charge in [-0.2, -0.15) is 5.26 Å². The van der Waals surface area contributed by atoms with Crippen LogP contribution in [0.4, 0.5) is 0 Å². The molecule has 0 bridgehead atoms. The molecule has 1 amide bonds. The van der Waals surface area contributed by atoms with E-state index in [0.717, 1.165) is 9.35 Å². The van der Waals surface area contributed by atoms with Gasteiger partial charge < -0.3 is 5.32 Å². The van der Waals surface area contributed by atoms with Gasteiger partial charge in [-0.05, 0) is 34.3 Å². The molecule has 1 unspecified atom stereocenters. The summed E-state index contributed by atoms with van der Waals surface area (Å²) in [5.74, 6) is -0.818. The first-order chi connectivity index (χ1) is 6.65. The molecule has 14 heavy (non-hydrogen) atoms. The highest BCUT2D eigenvalue weighted by atomic mass is 79.9. The summed E-state index contributed by atoms with van der Waals surface area (Å²) in [6, 6.07) is 3.82. The summed E-state index contributed by atoms with van der Waals surface area (Å²) in [5, 5.41) is 13.1. The van der Waals surface area contributed by atoms with E-state index in [4.69, 9.17) is 5.26 Å². The van der Waals surface area contributed by atoms with Crippen molar-refractivity contribution in [1.82, 2.24) is 5.32 Å². The molecule has 3 nitrogen and oxygen atoms in total. The monoisotopic (exact) mass is 272 g/mol. The first kappa shape index (κ1) is 11.2. The van der Waals surface area contributed by atoms with E-state index < -0.39 is 5.92 Å². The highest BCUT2D eigenvalue weighted by molar-refractivity contribution is 9.10. The van der Waals surface area contributed by atoms with Crippen molar-refractivity contribution in [2.75, 3.05) is 0 Å². The van der Waals surface area contributed by atoms with Crippen molar-refractivity contribution < 1.29 is 4.79 Å². The minimum absolute atomic E-state index is 0.229. The largest absolute Gasteiger partial charge is 0.350 e. The summed E-state index contributed by atoms with van der Waals surface area (Å²) in [7, 11) is 0. The zero-order valence-electron chi connectivity index (χ0n) is 7.58. The number of amides is 1. The Morgan fingerprint density at radius 2 is 2.57 bits per heavy atom. The Labute approximate surface area is 94.9 Å². The zero-order chi connectivity index (χ0) is 10.6. The van der Waals surface area contributed by atoms with Gasteiger partial charge in [-0.1, -0.05) is 0 Å². The molecule has 1 heterocycles. The first-order valence-corrected chi connectivity index (χ1v) is 5.71. The van der Waals surface area contributed by atoms with Crippen molar-refractivity contribution in [2.24, 2.45) is 5.92 Å². The minimum atomic E-state index is -0.589. The topological polar surface area (TPSA) is 52.9 Å². The van der Waals surface area contributed by atoms with E-state index in [1.54, 1.807) is 18.3 Å². The smallest absolute Gasteiger partial charge is 0.237 e. The van der Waals surface area contributed by atoms with E-state index >= 15 is 0 Å². The van der Waals surface area contributed by atoms with Crippen molar-refractivity contribution in [3.8, 4) is 6.07 Å². The van der Waals surface area contributed by atoms with E-state index in [1.807, 2.05) is 17.5 Å². The van der Waals surface area contributed by atoms with Gasteiger partial charge in [0.15, 0.2) is 0 Å². The maximum absolute atomic E-state index is 11.2. The maximum Gasteiger partial charge on any atom is 0.237 e. The van der Waals surface area contributed by atoms with Crippen LogP contribution in [-0.4, -0.2) is 5.91 Å². The molecule has 0 aliphatic carbocycles. The maximum atomic E-state index is 11.2. The van der Waals surface area contributed by atoms with Gasteiger partial charge in [0.1, 0.15) is 5.92 Å². The predicted molar refractivity (Wildman–Crippen MR) is 58.6 cm³/mol. The first-order valence-electron chi connectivity index (χ1n) is 4.04. The van der Waals surface area contributed by atoms with E-state index in [1.165, 1.54) is 0 Å². The predicted octanol–water partition coefficient (Wildman–Crippen LogP) is 2.29. The Morgan fingerprint density at radius 3 is 3.07 bits per heavy atom. The third-order valence-electron chi connectivity index (χ3n) is 1.70. The molecular weight excluding hydrogens is 264 g/mol. The molecule has 1 N–H and O–H groups in total. The number of nitriles is 1. The lowest BCUT2D eigenvalue weighted by atomic mass is 10.2. The molecule has 0 saturated carbocycles. The number of nitrogens with zero attached hydrogens (tertiary/aromatic N) is 1. The number of hydrogen-bond acceptors (Lipinski definition) is 3. The average molecular weight is 273 g/mol. The molecule has 0 fully saturated rings. The van der Waals surface area contributed by atoms with Crippen LogP contribution in [0.2, 0.25) is 0 Å². The van der Waals surface area contributed by atoms with Crippen molar-refractivity contribution in [3.05, 3.63) is 20.8 Å². The molecule has 0 aliphatic rings. The van der Waals surface area contributed by atoms with Crippen LogP contribution in [0, 0.1) is 17.2 Å². The van der Waals surface area contributed by atoms with Crippen LogP contribution in [0.5, 0.6) is 0 Å². The van der Waals surface area contributed by atoms with Gasteiger partial charge in [-0.3, -0.25) is 4.79 Å². The van der Waals surface area contributed by atoms with Crippen molar-refractivity contribution in [1.29, 1.82) is 5.26 Å². The van der Waals surface area contributed by atoms with Crippen LogP contribution in [0.15, 0.2) is 15.9 Å². The molecule has 0 spiro atoms. The fraction of sp³-hybridized carbons (Fsp3) is 0.333. The van der Waals surface area contributed by atoms with Crippen molar-refractivity contribution in [2.45, 2.75) is 13.5 Å². The van der Waals surface area contributed by atoms with Crippen LogP contribution < -0.4 is 5.32 Å². The third-order valence-corrected chi connectivity index (χ3v) is 3.63. The molecule has 1 rings (SSSR count). The number of hydrogen-bond donors (Lipinski definition) is 1. The Kier molecular flexibility index (Phi) is 4.11. The number of carbonyl (C=O) groups excluding carboxylic acids is 1. The third kappa shape index (κ3) is 2.82. The van der Waals surface area contributed by atoms with E-state index in [0.29, 0.717) is 6.54 Å². The van der Waals surface area contributed by atoms with Crippen molar-refractivity contribution >= 4 is 33.2 Å². The molecule has 1 aromatic heterocycles. The quantitative estimate of drug-likeness (QED) is 0.918. The SMILES string of the molecule is CC(C#N)C(=O)NCc1sccc1Br. The zero-order valence-corrected chi connectivity index (χ0v) is 9.98. The summed E-state index contributed by atoms with van der Waals surface area (Å²) in [5.41, 5.74) is 0. The molecule has 74 valence electrons. The second kappa shape index (κ2) is 5.13. The fourth-order valence-electron chi connectivity index (χ4n) is 0.830. The van der Waals surface area contributed by atoms with Crippen molar-refractivity contribution in [3.63, 3.8) is 0 Å². The summed E-state index contributed by atoms with van der Waals surface area (Å²) in [4.78, 5) is 12.3.